The molecule has 0 saturated carbocycles. The SMILES string of the molecule is [CH2]c1ccc(Oc2cc(OCC)c(OCC)c(OCC)c2)cc1. The van der Waals surface area contributed by atoms with Gasteiger partial charge in [-0.25, -0.2) is 0 Å². The fourth-order valence-electron chi connectivity index (χ4n) is 2.12. The smallest absolute Gasteiger partial charge is 0.203 e. The van der Waals surface area contributed by atoms with E-state index in [1.165, 1.54) is 0 Å². The lowest BCUT2D eigenvalue weighted by Gasteiger charge is -2.17. The van der Waals surface area contributed by atoms with Gasteiger partial charge in [0.1, 0.15) is 11.5 Å². The van der Waals surface area contributed by atoms with Gasteiger partial charge in [-0.15, -0.1) is 0 Å². The number of hydrogen-bond acceptors (Lipinski definition) is 4. The van der Waals surface area contributed by atoms with E-state index in [1.807, 2.05) is 57.2 Å². The highest BCUT2D eigenvalue weighted by molar-refractivity contribution is 5.56. The van der Waals surface area contributed by atoms with E-state index >= 15 is 0 Å². The standard InChI is InChI=1S/C19H23O4/c1-5-20-17-12-16(23-15-10-8-14(4)9-11-15)13-18(21-6-2)19(17)22-7-3/h8-13H,4-7H2,1-3H3. The molecule has 0 aliphatic carbocycles. The molecule has 2 aromatic carbocycles. The maximum absolute atomic E-state index is 5.90. The van der Waals surface area contributed by atoms with Gasteiger partial charge in [0.05, 0.1) is 19.8 Å². The van der Waals surface area contributed by atoms with Gasteiger partial charge in [0.25, 0.3) is 0 Å². The molecule has 4 nitrogen and oxygen atoms in total. The van der Waals surface area contributed by atoms with Crippen LogP contribution in [0.3, 0.4) is 0 Å². The average molecular weight is 315 g/mol. The van der Waals surface area contributed by atoms with Crippen molar-refractivity contribution in [1.29, 1.82) is 0 Å². The van der Waals surface area contributed by atoms with Crippen LogP contribution in [0.5, 0.6) is 28.7 Å². The molecule has 2 rings (SSSR count). The molecule has 2 aromatic rings. The number of ether oxygens (including phenoxy) is 4. The Bertz CT molecular complexity index is 593. The molecule has 0 atom stereocenters. The maximum Gasteiger partial charge on any atom is 0.203 e. The first kappa shape index (κ1) is 17.0. The molecule has 0 heterocycles. The predicted molar refractivity (Wildman–Crippen MR) is 90.9 cm³/mol. The van der Waals surface area contributed by atoms with E-state index in [0.29, 0.717) is 42.8 Å². The van der Waals surface area contributed by atoms with E-state index in [4.69, 9.17) is 18.9 Å². The maximum atomic E-state index is 5.90. The van der Waals surface area contributed by atoms with Crippen molar-refractivity contribution in [1.82, 2.24) is 0 Å². The van der Waals surface area contributed by atoms with Crippen molar-refractivity contribution < 1.29 is 18.9 Å². The Balaban J connectivity index is 2.36. The lowest BCUT2D eigenvalue weighted by atomic mass is 10.2. The molecule has 0 amide bonds. The summed E-state index contributed by atoms with van der Waals surface area (Å²) in [6, 6.07) is 11.2. The zero-order valence-electron chi connectivity index (χ0n) is 13.9. The van der Waals surface area contributed by atoms with E-state index in [1.54, 1.807) is 0 Å². The van der Waals surface area contributed by atoms with Crippen LogP contribution >= 0.6 is 0 Å². The van der Waals surface area contributed by atoms with E-state index in [2.05, 4.69) is 6.92 Å². The van der Waals surface area contributed by atoms with Crippen molar-refractivity contribution in [2.45, 2.75) is 20.8 Å². The largest absolute Gasteiger partial charge is 0.490 e. The third kappa shape index (κ3) is 4.55. The molecule has 0 bridgehead atoms. The zero-order chi connectivity index (χ0) is 16.7. The van der Waals surface area contributed by atoms with Gasteiger partial charge < -0.3 is 18.9 Å². The number of hydrogen-bond donors (Lipinski definition) is 0. The van der Waals surface area contributed by atoms with Gasteiger partial charge in [-0.3, -0.25) is 0 Å². The van der Waals surface area contributed by atoms with E-state index in [0.717, 1.165) is 11.3 Å². The van der Waals surface area contributed by atoms with Crippen LogP contribution < -0.4 is 18.9 Å². The summed E-state index contributed by atoms with van der Waals surface area (Å²) >= 11 is 0. The Hall–Kier alpha value is -2.36. The monoisotopic (exact) mass is 315 g/mol. The van der Waals surface area contributed by atoms with Gasteiger partial charge >= 0.3 is 0 Å². The summed E-state index contributed by atoms with van der Waals surface area (Å²) in [6.45, 7) is 11.2. The second-order valence-electron chi connectivity index (χ2n) is 4.79. The number of benzene rings is 2. The van der Waals surface area contributed by atoms with Crippen LogP contribution in [0.15, 0.2) is 36.4 Å². The second kappa shape index (κ2) is 8.32. The molecule has 123 valence electrons. The van der Waals surface area contributed by atoms with Crippen molar-refractivity contribution in [3.63, 3.8) is 0 Å². The minimum absolute atomic E-state index is 0.533. The van der Waals surface area contributed by atoms with Gasteiger partial charge in [0.15, 0.2) is 11.5 Å². The van der Waals surface area contributed by atoms with Gasteiger partial charge in [0.2, 0.25) is 5.75 Å². The Morgan fingerprint density at radius 3 is 1.74 bits per heavy atom. The van der Waals surface area contributed by atoms with E-state index in [9.17, 15) is 0 Å². The highest BCUT2D eigenvalue weighted by atomic mass is 16.5. The molecule has 0 unspecified atom stereocenters. The molecule has 0 fully saturated rings. The predicted octanol–water partition coefficient (Wildman–Crippen LogP) is 4.86. The highest BCUT2D eigenvalue weighted by Gasteiger charge is 2.16. The summed E-state index contributed by atoms with van der Waals surface area (Å²) in [7, 11) is 0. The Kier molecular flexibility index (Phi) is 6.15. The molecular weight excluding hydrogens is 292 g/mol. The minimum Gasteiger partial charge on any atom is -0.490 e. The highest BCUT2D eigenvalue weighted by Crippen LogP contribution is 2.42. The van der Waals surface area contributed by atoms with Crippen molar-refractivity contribution in [2.75, 3.05) is 19.8 Å². The zero-order valence-corrected chi connectivity index (χ0v) is 13.9. The molecule has 0 aromatic heterocycles. The van der Waals surface area contributed by atoms with E-state index < -0.39 is 0 Å². The van der Waals surface area contributed by atoms with Crippen molar-refractivity contribution in [3.05, 3.63) is 48.9 Å². The first-order valence-electron chi connectivity index (χ1n) is 7.84. The van der Waals surface area contributed by atoms with Crippen molar-refractivity contribution in [2.24, 2.45) is 0 Å². The van der Waals surface area contributed by atoms with Crippen LogP contribution in [0.2, 0.25) is 0 Å². The molecule has 0 saturated heterocycles. The number of rotatable bonds is 8. The van der Waals surface area contributed by atoms with Crippen LogP contribution in [0, 0.1) is 6.92 Å². The molecule has 0 aliphatic rings. The summed E-state index contributed by atoms with van der Waals surface area (Å²) in [5.41, 5.74) is 0.939. The summed E-state index contributed by atoms with van der Waals surface area (Å²) in [5, 5.41) is 0. The topological polar surface area (TPSA) is 36.9 Å². The Labute approximate surface area is 137 Å². The van der Waals surface area contributed by atoms with Gasteiger partial charge in [-0.2, -0.15) is 0 Å². The first-order valence-corrected chi connectivity index (χ1v) is 7.84. The van der Waals surface area contributed by atoms with Crippen LogP contribution in [-0.2, 0) is 0 Å². The van der Waals surface area contributed by atoms with Crippen molar-refractivity contribution >= 4 is 0 Å². The normalized spacial score (nSPS) is 10.3. The van der Waals surface area contributed by atoms with Gasteiger partial charge in [0, 0.05) is 12.1 Å². The van der Waals surface area contributed by atoms with E-state index in [-0.39, 0.29) is 0 Å². The quantitative estimate of drug-likeness (QED) is 0.697. The fourth-order valence-corrected chi connectivity index (χ4v) is 2.12. The Morgan fingerprint density at radius 2 is 1.26 bits per heavy atom. The fraction of sp³-hybridized carbons (Fsp3) is 0.316. The summed E-state index contributed by atoms with van der Waals surface area (Å²) in [5.74, 6) is 3.20. The summed E-state index contributed by atoms with van der Waals surface area (Å²) < 4.78 is 22.9. The molecule has 0 aliphatic heterocycles. The van der Waals surface area contributed by atoms with Gasteiger partial charge in [-0.1, -0.05) is 12.1 Å². The van der Waals surface area contributed by atoms with Crippen LogP contribution in [0.1, 0.15) is 26.3 Å². The lowest BCUT2D eigenvalue weighted by Crippen LogP contribution is -2.03. The van der Waals surface area contributed by atoms with Crippen molar-refractivity contribution in [3.8, 4) is 28.7 Å². The van der Waals surface area contributed by atoms with Crippen LogP contribution in [0.4, 0.5) is 0 Å². The summed E-state index contributed by atoms with van der Waals surface area (Å²) in [6.07, 6.45) is 0. The third-order valence-corrected chi connectivity index (χ3v) is 3.04. The average Bonchev–Trinajstić information content (AvgIpc) is 2.53. The lowest BCUT2D eigenvalue weighted by molar-refractivity contribution is 0.259. The van der Waals surface area contributed by atoms with Gasteiger partial charge in [-0.05, 0) is 45.4 Å². The van der Waals surface area contributed by atoms with Crippen LogP contribution in [-0.4, -0.2) is 19.8 Å². The molecule has 4 heteroatoms. The molecule has 0 N–H and O–H groups in total. The second-order valence-corrected chi connectivity index (χ2v) is 4.79. The molecule has 23 heavy (non-hydrogen) atoms. The molecular formula is C19H23O4. The minimum atomic E-state index is 0.533. The van der Waals surface area contributed by atoms with Crippen LogP contribution in [0.25, 0.3) is 0 Å². The first-order chi connectivity index (χ1) is 11.2. The summed E-state index contributed by atoms with van der Waals surface area (Å²) in [4.78, 5) is 0. The molecule has 1 radical (unpaired) electrons. The Morgan fingerprint density at radius 1 is 0.739 bits per heavy atom. The third-order valence-electron chi connectivity index (χ3n) is 3.04. The molecule has 0 spiro atoms.